The number of ether oxygens (including phenoxy) is 1. The Balaban J connectivity index is 2.29. The molecule has 0 aromatic heterocycles. The van der Waals surface area contributed by atoms with Crippen LogP contribution in [0.3, 0.4) is 0 Å². The molecule has 0 radical (unpaired) electrons. The molecule has 0 saturated heterocycles. The lowest BCUT2D eigenvalue weighted by molar-refractivity contribution is 0.199. The van der Waals surface area contributed by atoms with Crippen LogP contribution in [0.5, 0.6) is 0 Å². The summed E-state index contributed by atoms with van der Waals surface area (Å²) in [7, 11) is 3.89. The van der Waals surface area contributed by atoms with Crippen molar-refractivity contribution in [2.45, 2.75) is 20.3 Å². The first-order valence-electron chi connectivity index (χ1n) is 6.62. The van der Waals surface area contributed by atoms with Crippen LogP contribution >= 0.6 is 0 Å². The number of methoxy groups -OCH3 is 1. The van der Waals surface area contributed by atoms with Gasteiger partial charge in [-0.1, -0.05) is 6.07 Å². The van der Waals surface area contributed by atoms with Crippen molar-refractivity contribution >= 4 is 5.69 Å². The fraction of sp³-hybridized carbons (Fsp3) is 0.600. The molecule has 1 rings (SSSR count). The van der Waals surface area contributed by atoms with Gasteiger partial charge in [-0.3, -0.25) is 0 Å². The predicted octanol–water partition coefficient (Wildman–Crippen LogP) is 2.37. The maximum atomic E-state index is 4.99. The molecule has 0 aliphatic carbocycles. The van der Waals surface area contributed by atoms with Crippen molar-refractivity contribution in [3.63, 3.8) is 0 Å². The molecule has 0 aliphatic heterocycles. The molecule has 1 aromatic carbocycles. The maximum Gasteiger partial charge on any atom is 0.0587 e. The molecular weight excluding hydrogens is 224 g/mol. The normalized spacial score (nSPS) is 10.7. The van der Waals surface area contributed by atoms with Crippen molar-refractivity contribution < 1.29 is 4.74 Å². The van der Waals surface area contributed by atoms with E-state index < -0.39 is 0 Å². The fourth-order valence-electron chi connectivity index (χ4n) is 2.04. The number of anilines is 1. The first kappa shape index (κ1) is 15.0. The van der Waals surface area contributed by atoms with Crippen LogP contribution in [-0.4, -0.2) is 40.4 Å². The van der Waals surface area contributed by atoms with Gasteiger partial charge >= 0.3 is 0 Å². The zero-order chi connectivity index (χ0) is 13.4. The number of aryl methyl sites for hydroxylation is 2. The second-order valence-electron chi connectivity index (χ2n) is 4.86. The lowest BCUT2D eigenvalue weighted by atomic mass is 10.1. The summed E-state index contributed by atoms with van der Waals surface area (Å²) in [6.45, 7) is 8.13. The molecule has 0 bridgehead atoms. The van der Waals surface area contributed by atoms with Crippen LogP contribution in [0.2, 0.25) is 0 Å². The summed E-state index contributed by atoms with van der Waals surface area (Å²) in [5.41, 5.74) is 3.97. The Morgan fingerprint density at radius 2 is 1.78 bits per heavy atom. The minimum absolute atomic E-state index is 0.785. The van der Waals surface area contributed by atoms with Crippen LogP contribution < -0.4 is 10.2 Å². The monoisotopic (exact) mass is 250 g/mol. The van der Waals surface area contributed by atoms with E-state index in [2.05, 4.69) is 49.3 Å². The number of nitrogens with one attached hydrogen (secondary N) is 1. The van der Waals surface area contributed by atoms with Crippen molar-refractivity contribution in [3.05, 3.63) is 29.3 Å². The molecular formula is C15H26N2O. The second kappa shape index (κ2) is 8.11. The molecule has 3 nitrogen and oxygen atoms in total. The number of rotatable bonds is 8. The summed E-state index contributed by atoms with van der Waals surface area (Å²) in [5.74, 6) is 0. The summed E-state index contributed by atoms with van der Waals surface area (Å²) < 4.78 is 4.99. The first-order chi connectivity index (χ1) is 8.63. The average Bonchev–Trinajstić information content (AvgIpc) is 2.32. The summed E-state index contributed by atoms with van der Waals surface area (Å²) >= 11 is 0. The van der Waals surface area contributed by atoms with Crippen LogP contribution in [0.15, 0.2) is 18.2 Å². The topological polar surface area (TPSA) is 24.5 Å². The highest BCUT2D eigenvalue weighted by molar-refractivity contribution is 5.50. The Kier molecular flexibility index (Phi) is 6.76. The second-order valence-corrected chi connectivity index (χ2v) is 4.86. The lowest BCUT2D eigenvalue weighted by Crippen LogP contribution is -2.25. The molecule has 0 aliphatic rings. The minimum Gasteiger partial charge on any atom is -0.383 e. The SMILES string of the molecule is COCCNCCCN(C)c1cc(C)cc(C)c1. The van der Waals surface area contributed by atoms with E-state index in [1.54, 1.807) is 7.11 Å². The summed E-state index contributed by atoms with van der Waals surface area (Å²) in [6.07, 6.45) is 1.15. The van der Waals surface area contributed by atoms with Crippen molar-refractivity contribution in [1.82, 2.24) is 5.32 Å². The first-order valence-corrected chi connectivity index (χ1v) is 6.62. The third-order valence-corrected chi connectivity index (χ3v) is 2.98. The molecule has 0 saturated carbocycles. The summed E-state index contributed by atoms with van der Waals surface area (Å²) in [5, 5.41) is 3.36. The number of hydrogen-bond acceptors (Lipinski definition) is 3. The molecule has 3 heteroatoms. The van der Waals surface area contributed by atoms with Gasteiger partial charge in [0, 0.05) is 32.9 Å². The van der Waals surface area contributed by atoms with Gasteiger partial charge in [0.2, 0.25) is 0 Å². The molecule has 0 fully saturated rings. The number of benzene rings is 1. The average molecular weight is 250 g/mol. The van der Waals surface area contributed by atoms with Crippen molar-refractivity contribution in [3.8, 4) is 0 Å². The molecule has 1 N–H and O–H groups in total. The Hall–Kier alpha value is -1.06. The smallest absolute Gasteiger partial charge is 0.0587 e. The van der Waals surface area contributed by atoms with Gasteiger partial charge in [-0.05, 0) is 50.1 Å². The zero-order valence-electron chi connectivity index (χ0n) is 12.1. The molecule has 0 heterocycles. The van der Waals surface area contributed by atoms with Crippen LogP contribution in [-0.2, 0) is 4.74 Å². The van der Waals surface area contributed by atoms with Gasteiger partial charge in [0.15, 0.2) is 0 Å². The van der Waals surface area contributed by atoms with E-state index in [-0.39, 0.29) is 0 Å². The molecule has 0 unspecified atom stereocenters. The fourth-order valence-corrected chi connectivity index (χ4v) is 2.04. The van der Waals surface area contributed by atoms with Gasteiger partial charge in [-0.2, -0.15) is 0 Å². The van der Waals surface area contributed by atoms with E-state index >= 15 is 0 Å². The highest BCUT2D eigenvalue weighted by Crippen LogP contribution is 2.17. The van der Waals surface area contributed by atoms with Gasteiger partial charge in [0.05, 0.1) is 6.61 Å². The Morgan fingerprint density at radius 3 is 2.39 bits per heavy atom. The third kappa shape index (κ3) is 5.52. The summed E-state index contributed by atoms with van der Waals surface area (Å²) in [6, 6.07) is 6.69. The van der Waals surface area contributed by atoms with Crippen LogP contribution in [0.1, 0.15) is 17.5 Å². The highest BCUT2D eigenvalue weighted by atomic mass is 16.5. The molecule has 0 amide bonds. The zero-order valence-corrected chi connectivity index (χ0v) is 12.1. The summed E-state index contributed by atoms with van der Waals surface area (Å²) in [4.78, 5) is 2.32. The highest BCUT2D eigenvalue weighted by Gasteiger charge is 2.01. The van der Waals surface area contributed by atoms with Crippen LogP contribution in [0.25, 0.3) is 0 Å². The Bertz CT molecular complexity index is 332. The third-order valence-electron chi connectivity index (χ3n) is 2.98. The molecule has 0 spiro atoms. The largest absolute Gasteiger partial charge is 0.383 e. The molecule has 102 valence electrons. The van der Waals surface area contributed by atoms with E-state index in [0.717, 1.165) is 32.7 Å². The van der Waals surface area contributed by atoms with Gasteiger partial charge in [-0.25, -0.2) is 0 Å². The van der Waals surface area contributed by atoms with Gasteiger partial charge in [-0.15, -0.1) is 0 Å². The molecule has 1 aromatic rings. The maximum absolute atomic E-state index is 4.99. The van der Waals surface area contributed by atoms with Gasteiger partial charge < -0.3 is 15.0 Å². The Morgan fingerprint density at radius 1 is 1.11 bits per heavy atom. The Labute approximate surface area is 111 Å². The van der Waals surface area contributed by atoms with E-state index in [1.165, 1.54) is 16.8 Å². The van der Waals surface area contributed by atoms with E-state index in [9.17, 15) is 0 Å². The van der Waals surface area contributed by atoms with Gasteiger partial charge in [0.1, 0.15) is 0 Å². The quantitative estimate of drug-likeness (QED) is 0.717. The van der Waals surface area contributed by atoms with Crippen LogP contribution in [0.4, 0.5) is 5.69 Å². The van der Waals surface area contributed by atoms with Crippen molar-refractivity contribution in [1.29, 1.82) is 0 Å². The number of nitrogens with zero attached hydrogens (tertiary/aromatic N) is 1. The van der Waals surface area contributed by atoms with E-state index in [4.69, 9.17) is 4.74 Å². The van der Waals surface area contributed by atoms with Crippen molar-refractivity contribution in [2.75, 3.05) is 45.3 Å². The van der Waals surface area contributed by atoms with Gasteiger partial charge in [0.25, 0.3) is 0 Å². The minimum atomic E-state index is 0.785. The van der Waals surface area contributed by atoms with E-state index in [0.29, 0.717) is 0 Å². The number of hydrogen-bond donors (Lipinski definition) is 1. The van der Waals surface area contributed by atoms with Crippen molar-refractivity contribution in [2.24, 2.45) is 0 Å². The molecule has 0 atom stereocenters. The lowest BCUT2D eigenvalue weighted by Gasteiger charge is -2.20. The van der Waals surface area contributed by atoms with E-state index in [1.807, 2.05) is 0 Å². The predicted molar refractivity (Wildman–Crippen MR) is 78.5 cm³/mol. The van der Waals surface area contributed by atoms with Crippen LogP contribution in [0, 0.1) is 13.8 Å². The molecule has 18 heavy (non-hydrogen) atoms. The standard InChI is InChI=1S/C15H26N2O/c1-13-10-14(2)12-15(11-13)17(3)8-5-6-16-7-9-18-4/h10-12,16H,5-9H2,1-4H3.